The third-order valence-electron chi connectivity index (χ3n) is 8.15. The van der Waals surface area contributed by atoms with Crippen LogP contribution >= 0.6 is 0 Å². The zero-order chi connectivity index (χ0) is 23.7. The van der Waals surface area contributed by atoms with Gasteiger partial charge in [0.15, 0.2) is 0 Å². The van der Waals surface area contributed by atoms with Crippen LogP contribution in [0.3, 0.4) is 0 Å². The van der Waals surface area contributed by atoms with Gasteiger partial charge in [0.1, 0.15) is 11.8 Å². The molecule has 2 atom stereocenters. The van der Waals surface area contributed by atoms with E-state index in [1.165, 1.54) is 32.4 Å². The van der Waals surface area contributed by atoms with E-state index in [9.17, 15) is 14.7 Å². The van der Waals surface area contributed by atoms with Crippen molar-refractivity contribution in [1.82, 2.24) is 14.7 Å². The Morgan fingerprint density at radius 2 is 1.71 bits per heavy atom. The number of phenols is 1. The normalized spacial score (nSPS) is 24.6. The largest absolute Gasteiger partial charge is 0.506 e. The van der Waals surface area contributed by atoms with E-state index in [0.29, 0.717) is 24.3 Å². The first kappa shape index (κ1) is 23.2. The Balaban J connectivity index is 1.26. The monoisotopic (exact) mass is 463 g/mol. The second kappa shape index (κ2) is 9.95. The number of piperidine rings is 2. The Hall–Kier alpha value is -2.60. The summed E-state index contributed by atoms with van der Waals surface area (Å²) in [6.07, 6.45) is 6.27. The molecule has 0 aromatic heterocycles. The lowest BCUT2D eigenvalue weighted by Crippen LogP contribution is -2.52. The van der Waals surface area contributed by atoms with Gasteiger partial charge in [-0.15, -0.1) is 0 Å². The Morgan fingerprint density at radius 1 is 0.941 bits per heavy atom. The summed E-state index contributed by atoms with van der Waals surface area (Å²) in [4.78, 5) is 33.3. The molecular formula is C28H37N3O3. The molecule has 3 fully saturated rings. The van der Waals surface area contributed by atoms with Crippen LogP contribution in [0.1, 0.15) is 55.8 Å². The van der Waals surface area contributed by atoms with Crippen molar-refractivity contribution in [3.63, 3.8) is 0 Å². The first-order valence-electron chi connectivity index (χ1n) is 13.0. The fourth-order valence-electron chi connectivity index (χ4n) is 6.08. The van der Waals surface area contributed by atoms with Crippen LogP contribution in [0.5, 0.6) is 5.75 Å². The molecule has 0 bridgehead atoms. The van der Waals surface area contributed by atoms with Gasteiger partial charge in [-0.3, -0.25) is 9.59 Å². The van der Waals surface area contributed by atoms with Crippen LogP contribution in [-0.4, -0.2) is 76.9 Å². The van der Waals surface area contributed by atoms with Crippen molar-refractivity contribution in [3.8, 4) is 5.75 Å². The molecule has 0 aliphatic carbocycles. The summed E-state index contributed by atoms with van der Waals surface area (Å²) >= 11 is 0. The van der Waals surface area contributed by atoms with Gasteiger partial charge in [-0.2, -0.15) is 0 Å². The third kappa shape index (κ3) is 4.65. The predicted molar refractivity (Wildman–Crippen MR) is 134 cm³/mol. The van der Waals surface area contributed by atoms with E-state index in [0.717, 1.165) is 43.8 Å². The average Bonchev–Trinajstić information content (AvgIpc) is 3.35. The van der Waals surface area contributed by atoms with Crippen LogP contribution < -0.4 is 0 Å². The Morgan fingerprint density at radius 3 is 2.53 bits per heavy atom. The van der Waals surface area contributed by atoms with Crippen LogP contribution in [0, 0.1) is 11.8 Å². The molecule has 3 heterocycles. The number of phenolic OH excluding ortho intramolecular Hbond substituents is 1. The van der Waals surface area contributed by atoms with Gasteiger partial charge in [-0.05, 0) is 74.9 Å². The lowest BCUT2D eigenvalue weighted by atomic mass is 9.94. The van der Waals surface area contributed by atoms with Gasteiger partial charge in [0.25, 0.3) is 5.91 Å². The maximum Gasteiger partial charge on any atom is 0.258 e. The topological polar surface area (TPSA) is 64.1 Å². The number of benzene rings is 2. The van der Waals surface area contributed by atoms with Gasteiger partial charge >= 0.3 is 0 Å². The van der Waals surface area contributed by atoms with Gasteiger partial charge in [0, 0.05) is 31.6 Å². The fourth-order valence-corrected chi connectivity index (χ4v) is 6.08. The summed E-state index contributed by atoms with van der Waals surface area (Å²) in [5, 5.41) is 12.4. The van der Waals surface area contributed by atoms with E-state index >= 15 is 0 Å². The van der Waals surface area contributed by atoms with Crippen LogP contribution in [-0.2, 0) is 4.79 Å². The number of carbonyl (C=O) groups excluding carboxylic acids is 2. The van der Waals surface area contributed by atoms with Crippen molar-refractivity contribution in [2.24, 2.45) is 11.8 Å². The molecule has 3 aliphatic heterocycles. The van der Waals surface area contributed by atoms with E-state index < -0.39 is 6.04 Å². The van der Waals surface area contributed by atoms with E-state index in [1.807, 2.05) is 35.2 Å². The molecule has 0 spiro atoms. The number of carbonyl (C=O) groups is 2. The molecule has 2 amide bonds. The maximum atomic E-state index is 13.6. The molecule has 0 radical (unpaired) electrons. The highest BCUT2D eigenvalue weighted by atomic mass is 16.3. The third-order valence-corrected chi connectivity index (χ3v) is 8.15. The van der Waals surface area contributed by atoms with Crippen molar-refractivity contribution in [1.29, 1.82) is 0 Å². The molecule has 3 aliphatic rings. The Bertz CT molecular complexity index is 1050. The molecule has 2 unspecified atom stereocenters. The second-order valence-electron chi connectivity index (χ2n) is 10.6. The summed E-state index contributed by atoms with van der Waals surface area (Å²) in [6, 6.07) is 10.6. The van der Waals surface area contributed by atoms with Crippen LogP contribution in [0.25, 0.3) is 10.8 Å². The molecule has 6 heteroatoms. The summed E-state index contributed by atoms with van der Waals surface area (Å²) in [5.41, 5.74) is 0.286. The molecule has 5 rings (SSSR count). The minimum absolute atomic E-state index is 0.00934. The highest BCUT2D eigenvalue weighted by Crippen LogP contribution is 2.32. The number of fused-ring (bicyclic) bond motifs is 1. The highest BCUT2D eigenvalue weighted by molar-refractivity contribution is 6.05. The zero-order valence-electron chi connectivity index (χ0n) is 20.3. The molecule has 1 N–H and O–H groups in total. The lowest BCUT2D eigenvalue weighted by Gasteiger charge is -2.39. The van der Waals surface area contributed by atoms with Crippen molar-refractivity contribution in [3.05, 3.63) is 42.0 Å². The molecule has 0 saturated carbocycles. The lowest BCUT2D eigenvalue weighted by molar-refractivity contribution is -0.137. The number of amides is 2. The SMILES string of the molecule is CC1CCN(CC2CCCN(C(=O)C3CCCN3C(=O)c3ccc4ccccc4c3O)C2)CC1. The molecule has 34 heavy (non-hydrogen) atoms. The van der Waals surface area contributed by atoms with Gasteiger partial charge in [0.05, 0.1) is 5.56 Å². The standard InChI is InChI=1S/C28H37N3O3/c1-20-12-16-29(17-13-20)18-21-6-4-14-30(19-21)28(34)25-9-5-15-31(25)27(33)24-11-10-22-7-2-3-8-23(22)26(24)32/h2-3,7-8,10-11,20-21,25,32H,4-6,9,12-19H2,1H3. The van der Waals surface area contributed by atoms with Gasteiger partial charge in [-0.1, -0.05) is 37.3 Å². The summed E-state index contributed by atoms with van der Waals surface area (Å²) in [6.45, 7) is 7.90. The molecule has 3 saturated heterocycles. The average molecular weight is 464 g/mol. The highest BCUT2D eigenvalue weighted by Gasteiger charge is 2.39. The first-order chi connectivity index (χ1) is 16.5. The number of aromatic hydroxyl groups is 1. The number of hydrogen-bond donors (Lipinski definition) is 1. The molecule has 2 aromatic carbocycles. The number of likely N-dealkylation sites (tertiary alicyclic amines) is 3. The van der Waals surface area contributed by atoms with Crippen LogP contribution in [0.4, 0.5) is 0 Å². The van der Waals surface area contributed by atoms with E-state index in [1.54, 1.807) is 11.0 Å². The summed E-state index contributed by atoms with van der Waals surface area (Å²) in [5.74, 6) is 1.20. The quantitative estimate of drug-likeness (QED) is 0.741. The van der Waals surface area contributed by atoms with Crippen LogP contribution in [0.15, 0.2) is 36.4 Å². The second-order valence-corrected chi connectivity index (χ2v) is 10.6. The van der Waals surface area contributed by atoms with Crippen molar-refractivity contribution in [2.45, 2.75) is 51.5 Å². The number of hydrogen-bond acceptors (Lipinski definition) is 4. The predicted octanol–water partition coefficient (Wildman–Crippen LogP) is 4.12. The minimum atomic E-state index is -0.423. The molecule has 182 valence electrons. The van der Waals surface area contributed by atoms with Crippen molar-refractivity contribution in [2.75, 3.05) is 39.3 Å². The molecule has 6 nitrogen and oxygen atoms in total. The molecular weight excluding hydrogens is 426 g/mol. The van der Waals surface area contributed by atoms with Crippen LogP contribution in [0.2, 0.25) is 0 Å². The van der Waals surface area contributed by atoms with Crippen molar-refractivity contribution < 1.29 is 14.7 Å². The maximum absolute atomic E-state index is 13.6. The van der Waals surface area contributed by atoms with Crippen molar-refractivity contribution >= 4 is 22.6 Å². The van der Waals surface area contributed by atoms with Gasteiger partial charge < -0.3 is 19.8 Å². The number of nitrogens with zero attached hydrogens (tertiary/aromatic N) is 3. The fraction of sp³-hybridized carbons (Fsp3) is 0.571. The zero-order valence-corrected chi connectivity index (χ0v) is 20.3. The number of rotatable bonds is 4. The van der Waals surface area contributed by atoms with E-state index in [-0.39, 0.29) is 23.1 Å². The summed E-state index contributed by atoms with van der Waals surface area (Å²) < 4.78 is 0. The van der Waals surface area contributed by atoms with Gasteiger partial charge in [0.2, 0.25) is 5.91 Å². The Labute approximate surface area is 202 Å². The van der Waals surface area contributed by atoms with Gasteiger partial charge in [-0.25, -0.2) is 0 Å². The first-order valence-corrected chi connectivity index (χ1v) is 13.0. The van der Waals surface area contributed by atoms with E-state index in [2.05, 4.69) is 11.8 Å². The Kier molecular flexibility index (Phi) is 6.77. The smallest absolute Gasteiger partial charge is 0.258 e. The minimum Gasteiger partial charge on any atom is -0.506 e. The summed E-state index contributed by atoms with van der Waals surface area (Å²) in [7, 11) is 0. The molecule has 2 aromatic rings. The van der Waals surface area contributed by atoms with E-state index in [4.69, 9.17) is 0 Å².